The topological polar surface area (TPSA) is 71.4 Å². The van der Waals surface area contributed by atoms with Crippen molar-refractivity contribution in [3.8, 4) is 0 Å². The largest absolute Gasteiger partial charge is 0.355 e. The van der Waals surface area contributed by atoms with Gasteiger partial charge in [-0.3, -0.25) is 14.4 Å². The molecule has 1 aromatic heterocycles. The summed E-state index contributed by atoms with van der Waals surface area (Å²) in [6.07, 6.45) is 9.76. The lowest BCUT2D eigenvalue weighted by Crippen LogP contribution is -2.41. The molecule has 0 atom stereocenters. The summed E-state index contributed by atoms with van der Waals surface area (Å²) < 4.78 is 1.64. The van der Waals surface area contributed by atoms with Gasteiger partial charge in [0.25, 0.3) is 11.5 Å². The lowest BCUT2D eigenvalue weighted by Gasteiger charge is -2.31. The van der Waals surface area contributed by atoms with Crippen LogP contribution in [0.5, 0.6) is 0 Å². The molecule has 1 fully saturated rings. The average molecular weight is 436 g/mol. The lowest BCUT2D eigenvalue weighted by molar-refractivity contribution is -0.132. The fraction of sp³-hybridized carbons (Fsp3) is 0.500. The fourth-order valence-electron chi connectivity index (χ4n) is 5.13. The number of hydrogen-bond donors (Lipinski definition) is 1. The number of carbonyl (C=O) groups is 2. The minimum absolute atomic E-state index is 0.186. The Hall–Kier alpha value is -2.89. The second kappa shape index (κ2) is 10.2. The van der Waals surface area contributed by atoms with Crippen molar-refractivity contribution in [2.75, 3.05) is 13.6 Å². The monoisotopic (exact) mass is 435 g/mol. The maximum absolute atomic E-state index is 13.1. The van der Waals surface area contributed by atoms with Gasteiger partial charge in [-0.2, -0.15) is 0 Å². The molecule has 2 heterocycles. The third-order valence-electron chi connectivity index (χ3n) is 7.00. The van der Waals surface area contributed by atoms with Gasteiger partial charge < -0.3 is 14.8 Å². The van der Waals surface area contributed by atoms with E-state index in [2.05, 4.69) is 5.32 Å². The maximum Gasteiger partial charge on any atom is 0.263 e. The van der Waals surface area contributed by atoms with E-state index in [-0.39, 0.29) is 22.9 Å². The number of rotatable bonds is 7. The van der Waals surface area contributed by atoms with E-state index in [9.17, 15) is 14.4 Å². The number of nitrogens with one attached hydrogen (secondary N) is 1. The summed E-state index contributed by atoms with van der Waals surface area (Å²) in [6.45, 7) is 1.53. The summed E-state index contributed by atoms with van der Waals surface area (Å²) in [5.41, 5.74) is 2.83. The maximum atomic E-state index is 13.1. The number of carbonyl (C=O) groups excluding carboxylic acids is 2. The van der Waals surface area contributed by atoms with Gasteiger partial charge >= 0.3 is 0 Å². The van der Waals surface area contributed by atoms with Crippen LogP contribution in [-0.2, 0) is 30.7 Å². The molecule has 0 unspecified atom stereocenters. The van der Waals surface area contributed by atoms with Crippen LogP contribution in [0.3, 0.4) is 0 Å². The van der Waals surface area contributed by atoms with Crippen LogP contribution < -0.4 is 10.9 Å². The zero-order chi connectivity index (χ0) is 22.5. The van der Waals surface area contributed by atoms with Gasteiger partial charge in [0.2, 0.25) is 5.91 Å². The van der Waals surface area contributed by atoms with Crippen LogP contribution in [0.4, 0.5) is 0 Å². The Bertz CT molecular complexity index is 1020. The number of hydrogen-bond acceptors (Lipinski definition) is 3. The molecular formula is C26H33N3O3. The average Bonchev–Trinajstić information content (AvgIpc) is 3.35. The molecule has 1 aromatic carbocycles. The lowest BCUT2D eigenvalue weighted by atomic mass is 9.95. The minimum Gasteiger partial charge on any atom is -0.355 e. The second-order valence-corrected chi connectivity index (χ2v) is 9.08. The molecule has 2 aliphatic rings. The second-order valence-electron chi connectivity index (χ2n) is 9.08. The Morgan fingerprint density at radius 3 is 2.59 bits per heavy atom. The van der Waals surface area contributed by atoms with Gasteiger partial charge in [-0.05, 0) is 41.9 Å². The fourth-order valence-corrected chi connectivity index (χ4v) is 5.13. The summed E-state index contributed by atoms with van der Waals surface area (Å²) >= 11 is 0. The first-order valence-corrected chi connectivity index (χ1v) is 11.9. The van der Waals surface area contributed by atoms with Gasteiger partial charge in [-0.25, -0.2) is 0 Å². The van der Waals surface area contributed by atoms with Gasteiger partial charge in [0.05, 0.1) is 0 Å². The quantitative estimate of drug-likeness (QED) is 0.725. The summed E-state index contributed by atoms with van der Waals surface area (Å²) in [5.74, 6) is 0.534. The molecule has 2 aromatic rings. The number of amides is 2. The van der Waals surface area contributed by atoms with Crippen LogP contribution in [0.25, 0.3) is 0 Å². The summed E-state index contributed by atoms with van der Waals surface area (Å²) in [5, 5.41) is 2.63. The summed E-state index contributed by atoms with van der Waals surface area (Å²) in [4.78, 5) is 40.5. The molecule has 2 amide bonds. The number of pyridine rings is 1. The normalized spacial score (nSPS) is 16.1. The van der Waals surface area contributed by atoms with E-state index < -0.39 is 0 Å². The SMILES string of the molecule is CNC(=O)c1c2c(cn(CCc3ccccc3)c1=O)CN(C(=O)CCC1CCCC1)CC2. The zero-order valence-electron chi connectivity index (χ0n) is 18.9. The molecule has 32 heavy (non-hydrogen) atoms. The first-order valence-electron chi connectivity index (χ1n) is 11.9. The van der Waals surface area contributed by atoms with E-state index in [1.165, 1.54) is 25.7 Å². The van der Waals surface area contributed by atoms with E-state index in [1.54, 1.807) is 11.6 Å². The van der Waals surface area contributed by atoms with E-state index in [1.807, 2.05) is 41.4 Å². The van der Waals surface area contributed by atoms with Crippen molar-refractivity contribution in [2.45, 2.75) is 64.5 Å². The molecule has 0 saturated heterocycles. The third-order valence-corrected chi connectivity index (χ3v) is 7.00. The van der Waals surface area contributed by atoms with E-state index in [0.29, 0.717) is 44.8 Å². The Labute approximate surface area is 189 Å². The van der Waals surface area contributed by atoms with Gasteiger partial charge in [-0.15, -0.1) is 0 Å². The molecule has 0 spiro atoms. The molecule has 1 saturated carbocycles. The highest BCUT2D eigenvalue weighted by Gasteiger charge is 2.28. The van der Waals surface area contributed by atoms with Crippen molar-refractivity contribution in [1.29, 1.82) is 0 Å². The zero-order valence-corrected chi connectivity index (χ0v) is 18.9. The predicted octanol–water partition coefficient (Wildman–Crippen LogP) is 3.31. The van der Waals surface area contributed by atoms with E-state index in [0.717, 1.165) is 23.1 Å². The van der Waals surface area contributed by atoms with Crippen LogP contribution >= 0.6 is 0 Å². The van der Waals surface area contributed by atoms with Crippen LogP contribution in [0.2, 0.25) is 0 Å². The molecule has 1 N–H and O–H groups in total. The highest BCUT2D eigenvalue weighted by atomic mass is 16.2. The van der Waals surface area contributed by atoms with Crippen molar-refractivity contribution in [3.63, 3.8) is 0 Å². The van der Waals surface area contributed by atoms with Crippen molar-refractivity contribution < 1.29 is 9.59 Å². The number of fused-ring (bicyclic) bond motifs is 1. The number of nitrogens with zero attached hydrogens (tertiary/aromatic N) is 2. The molecular weight excluding hydrogens is 402 g/mol. The van der Waals surface area contributed by atoms with Gasteiger partial charge in [-0.1, -0.05) is 56.0 Å². The number of aryl methyl sites for hydroxylation is 2. The summed E-state index contributed by atoms with van der Waals surface area (Å²) in [6, 6.07) is 10.0. The van der Waals surface area contributed by atoms with Crippen LogP contribution in [0.15, 0.2) is 41.3 Å². The minimum atomic E-state index is -0.346. The highest BCUT2D eigenvalue weighted by Crippen LogP contribution is 2.29. The van der Waals surface area contributed by atoms with Crippen LogP contribution in [-0.4, -0.2) is 34.9 Å². The van der Waals surface area contributed by atoms with E-state index in [4.69, 9.17) is 0 Å². The number of aromatic nitrogens is 1. The molecule has 1 aliphatic carbocycles. The Balaban J connectivity index is 1.54. The predicted molar refractivity (Wildman–Crippen MR) is 125 cm³/mol. The number of benzene rings is 1. The molecule has 0 bridgehead atoms. The van der Waals surface area contributed by atoms with E-state index >= 15 is 0 Å². The molecule has 6 nitrogen and oxygen atoms in total. The smallest absolute Gasteiger partial charge is 0.263 e. The molecule has 4 rings (SSSR count). The van der Waals surface area contributed by atoms with Gasteiger partial charge in [0, 0.05) is 39.3 Å². The Kier molecular flexibility index (Phi) is 7.08. The highest BCUT2D eigenvalue weighted by molar-refractivity contribution is 5.95. The first-order chi connectivity index (χ1) is 15.6. The first kappa shape index (κ1) is 22.3. The molecule has 0 radical (unpaired) electrons. The van der Waals surface area contributed by atoms with Gasteiger partial charge in [0.15, 0.2) is 0 Å². The van der Waals surface area contributed by atoms with Crippen molar-refractivity contribution in [1.82, 2.24) is 14.8 Å². The van der Waals surface area contributed by atoms with Crippen molar-refractivity contribution in [2.24, 2.45) is 5.92 Å². The van der Waals surface area contributed by atoms with Crippen molar-refractivity contribution >= 4 is 11.8 Å². The van der Waals surface area contributed by atoms with Crippen LogP contribution in [0.1, 0.15) is 65.6 Å². The third kappa shape index (κ3) is 4.95. The van der Waals surface area contributed by atoms with Crippen molar-refractivity contribution in [3.05, 3.63) is 69.1 Å². The molecule has 1 aliphatic heterocycles. The standard InChI is InChI=1S/C26H33N3O3/c1-27-25(31)24-22-14-16-28(23(30)12-11-19-9-5-6-10-19)17-21(22)18-29(26(24)32)15-13-20-7-3-2-4-8-20/h2-4,7-8,18-19H,5-6,9-17H2,1H3,(H,27,31). The summed E-state index contributed by atoms with van der Waals surface area (Å²) in [7, 11) is 1.55. The molecule has 170 valence electrons. The van der Waals surface area contributed by atoms with Crippen LogP contribution in [0, 0.1) is 5.92 Å². The molecule has 6 heteroatoms. The van der Waals surface area contributed by atoms with Gasteiger partial charge in [0.1, 0.15) is 5.56 Å². The Morgan fingerprint density at radius 1 is 1.12 bits per heavy atom. The Morgan fingerprint density at radius 2 is 1.88 bits per heavy atom.